The molecule has 1 unspecified atom stereocenters. The van der Waals surface area contributed by atoms with Crippen molar-refractivity contribution in [1.82, 2.24) is 4.98 Å². The van der Waals surface area contributed by atoms with Crippen LogP contribution in [0.3, 0.4) is 0 Å². The molecule has 0 N–H and O–H groups in total. The maximum atomic E-state index is 12.7. The highest BCUT2D eigenvalue weighted by Crippen LogP contribution is 2.20. The fourth-order valence-corrected chi connectivity index (χ4v) is 6.21. The van der Waals surface area contributed by atoms with E-state index in [1.807, 2.05) is 24.3 Å². The molecule has 292 valence electrons. The second-order valence-electron chi connectivity index (χ2n) is 14.5. The summed E-state index contributed by atoms with van der Waals surface area (Å²) in [6, 6.07) is 17.8. The fourth-order valence-electron chi connectivity index (χ4n) is 6.21. The van der Waals surface area contributed by atoms with Crippen LogP contribution in [0.25, 0.3) is 0 Å². The number of benzene rings is 2. The SMILES string of the molecule is CCCCCCCCCCCCCOc1ccc(OC(=O)c2ccc(C#CC(=O)Oc3ccc(CCC/C=C/C(C)CCCCCCC)cc3)nc2)cc1. The van der Waals surface area contributed by atoms with Crippen LogP contribution in [0.2, 0.25) is 0 Å². The number of rotatable bonds is 27. The molecular weight excluding hydrogens is 671 g/mol. The summed E-state index contributed by atoms with van der Waals surface area (Å²) in [5.74, 6) is 6.22. The van der Waals surface area contributed by atoms with E-state index in [9.17, 15) is 9.59 Å². The van der Waals surface area contributed by atoms with E-state index in [2.05, 4.69) is 49.7 Å². The van der Waals surface area contributed by atoms with Gasteiger partial charge in [0.2, 0.25) is 0 Å². The molecule has 54 heavy (non-hydrogen) atoms. The number of carbonyl (C=O) groups is 2. The average Bonchev–Trinajstić information content (AvgIpc) is 3.18. The first-order chi connectivity index (χ1) is 26.5. The number of aromatic nitrogens is 1. The van der Waals surface area contributed by atoms with Crippen LogP contribution in [-0.2, 0) is 11.2 Å². The van der Waals surface area contributed by atoms with Crippen molar-refractivity contribution in [2.75, 3.05) is 6.61 Å². The lowest BCUT2D eigenvalue weighted by atomic mass is 10.0. The number of hydrogen-bond acceptors (Lipinski definition) is 6. The van der Waals surface area contributed by atoms with Crippen LogP contribution < -0.4 is 14.2 Å². The maximum Gasteiger partial charge on any atom is 0.390 e. The predicted octanol–water partition coefficient (Wildman–Crippen LogP) is 12.8. The Hall–Kier alpha value is -4.37. The Balaban J connectivity index is 1.29. The molecule has 0 amide bonds. The molecular formula is C48H65NO5. The van der Waals surface area contributed by atoms with E-state index in [0.717, 1.165) is 31.4 Å². The third-order valence-corrected chi connectivity index (χ3v) is 9.54. The molecule has 0 spiro atoms. The van der Waals surface area contributed by atoms with Gasteiger partial charge in [-0.05, 0) is 98.0 Å². The van der Waals surface area contributed by atoms with Crippen LogP contribution in [0.5, 0.6) is 17.2 Å². The third-order valence-electron chi connectivity index (χ3n) is 9.54. The zero-order chi connectivity index (χ0) is 38.5. The molecule has 0 aliphatic rings. The van der Waals surface area contributed by atoms with Gasteiger partial charge >= 0.3 is 11.9 Å². The van der Waals surface area contributed by atoms with Gasteiger partial charge in [0.15, 0.2) is 0 Å². The Kier molecular flexibility index (Phi) is 22.9. The summed E-state index contributed by atoms with van der Waals surface area (Å²) in [5, 5.41) is 0. The van der Waals surface area contributed by atoms with Gasteiger partial charge in [0.1, 0.15) is 22.9 Å². The average molecular weight is 736 g/mol. The van der Waals surface area contributed by atoms with Gasteiger partial charge in [-0.15, -0.1) is 0 Å². The van der Waals surface area contributed by atoms with Gasteiger partial charge in [0, 0.05) is 12.1 Å². The number of allylic oxidation sites excluding steroid dienone is 2. The first kappa shape index (κ1) is 44.0. The lowest BCUT2D eigenvalue weighted by molar-refractivity contribution is -0.128. The summed E-state index contributed by atoms with van der Waals surface area (Å²) >= 11 is 0. The minimum atomic E-state index is -0.677. The van der Waals surface area contributed by atoms with Gasteiger partial charge in [-0.2, -0.15) is 0 Å². The zero-order valence-corrected chi connectivity index (χ0v) is 33.4. The number of unbranched alkanes of at least 4 members (excludes halogenated alkanes) is 15. The van der Waals surface area contributed by atoms with Gasteiger partial charge in [-0.25, -0.2) is 14.6 Å². The number of pyridine rings is 1. The minimum absolute atomic E-state index is 0.277. The maximum absolute atomic E-state index is 12.7. The van der Waals surface area contributed by atoms with Crippen LogP contribution in [0.15, 0.2) is 79.0 Å². The summed E-state index contributed by atoms with van der Waals surface area (Å²) in [6.45, 7) is 7.50. The minimum Gasteiger partial charge on any atom is -0.494 e. The largest absolute Gasteiger partial charge is 0.494 e. The molecule has 6 heteroatoms. The Morgan fingerprint density at radius 2 is 1.24 bits per heavy atom. The smallest absolute Gasteiger partial charge is 0.390 e. The van der Waals surface area contributed by atoms with Crippen LogP contribution in [0.1, 0.15) is 164 Å². The van der Waals surface area contributed by atoms with Crippen molar-refractivity contribution in [1.29, 1.82) is 0 Å². The van der Waals surface area contributed by atoms with Crippen molar-refractivity contribution in [3.8, 4) is 29.1 Å². The van der Waals surface area contributed by atoms with Crippen LogP contribution >= 0.6 is 0 Å². The highest BCUT2D eigenvalue weighted by molar-refractivity contribution is 5.91. The first-order valence-corrected chi connectivity index (χ1v) is 20.9. The summed E-state index contributed by atoms with van der Waals surface area (Å²) in [4.78, 5) is 29.2. The summed E-state index contributed by atoms with van der Waals surface area (Å²) in [5.41, 5.74) is 1.82. The van der Waals surface area contributed by atoms with E-state index in [1.54, 1.807) is 36.4 Å². The second kappa shape index (κ2) is 28.1. The fraction of sp³-hybridized carbons (Fsp3) is 0.521. The quantitative estimate of drug-likeness (QED) is 0.0255. The number of nitrogens with zero attached hydrogens (tertiary/aromatic N) is 1. The van der Waals surface area contributed by atoms with E-state index >= 15 is 0 Å². The number of esters is 2. The molecule has 0 saturated carbocycles. The molecule has 0 aliphatic heterocycles. The van der Waals surface area contributed by atoms with E-state index < -0.39 is 11.9 Å². The van der Waals surface area contributed by atoms with Crippen LogP contribution in [0.4, 0.5) is 0 Å². The topological polar surface area (TPSA) is 74.7 Å². The monoisotopic (exact) mass is 735 g/mol. The van der Waals surface area contributed by atoms with Crippen LogP contribution in [0, 0.1) is 17.8 Å². The second-order valence-corrected chi connectivity index (χ2v) is 14.5. The summed E-state index contributed by atoms with van der Waals surface area (Å²) in [6.07, 6.45) is 31.4. The van der Waals surface area contributed by atoms with Crippen molar-refractivity contribution in [3.63, 3.8) is 0 Å². The lowest BCUT2D eigenvalue weighted by Gasteiger charge is -2.08. The first-order valence-electron chi connectivity index (χ1n) is 20.9. The Morgan fingerprint density at radius 1 is 0.667 bits per heavy atom. The Labute approximate surface area is 326 Å². The van der Waals surface area contributed by atoms with E-state index in [4.69, 9.17) is 14.2 Å². The molecule has 1 heterocycles. The molecule has 0 bridgehead atoms. The van der Waals surface area contributed by atoms with Gasteiger partial charge in [-0.3, -0.25) is 0 Å². The van der Waals surface area contributed by atoms with Gasteiger partial charge in [0.25, 0.3) is 0 Å². The highest BCUT2D eigenvalue weighted by atomic mass is 16.5. The summed E-state index contributed by atoms with van der Waals surface area (Å²) in [7, 11) is 0. The highest BCUT2D eigenvalue weighted by Gasteiger charge is 2.10. The molecule has 0 aliphatic carbocycles. The van der Waals surface area contributed by atoms with Crippen molar-refractivity contribution in [2.24, 2.45) is 5.92 Å². The van der Waals surface area contributed by atoms with E-state index in [-0.39, 0.29) is 5.56 Å². The van der Waals surface area contributed by atoms with Gasteiger partial charge in [0.05, 0.1) is 12.2 Å². The Morgan fingerprint density at radius 3 is 1.87 bits per heavy atom. The molecule has 1 atom stereocenters. The Bertz CT molecular complexity index is 1530. The molecule has 0 fully saturated rings. The van der Waals surface area contributed by atoms with E-state index in [1.165, 1.54) is 114 Å². The normalized spacial score (nSPS) is 11.5. The number of aryl methyl sites for hydroxylation is 1. The lowest BCUT2D eigenvalue weighted by Crippen LogP contribution is -2.09. The molecule has 0 radical (unpaired) electrons. The number of ether oxygens (including phenoxy) is 3. The van der Waals surface area contributed by atoms with Gasteiger partial charge < -0.3 is 14.2 Å². The van der Waals surface area contributed by atoms with E-state index in [0.29, 0.717) is 29.7 Å². The molecule has 3 aromatic rings. The van der Waals surface area contributed by atoms with Crippen molar-refractivity contribution < 1.29 is 23.8 Å². The predicted molar refractivity (Wildman–Crippen MR) is 221 cm³/mol. The van der Waals surface area contributed by atoms with Crippen molar-refractivity contribution in [2.45, 2.75) is 149 Å². The zero-order valence-electron chi connectivity index (χ0n) is 33.4. The molecule has 3 rings (SSSR count). The summed E-state index contributed by atoms with van der Waals surface area (Å²) < 4.78 is 16.7. The van der Waals surface area contributed by atoms with Gasteiger partial charge in [-0.1, -0.05) is 141 Å². The molecule has 0 saturated heterocycles. The number of carbonyl (C=O) groups excluding carboxylic acids is 2. The van der Waals surface area contributed by atoms with Crippen molar-refractivity contribution in [3.05, 3.63) is 95.8 Å². The molecule has 2 aromatic carbocycles. The van der Waals surface area contributed by atoms with Crippen molar-refractivity contribution >= 4 is 11.9 Å². The van der Waals surface area contributed by atoms with Crippen LogP contribution in [-0.4, -0.2) is 23.5 Å². The molecule has 6 nitrogen and oxygen atoms in total. The molecule has 1 aromatic heterocycles. The standard InChI is InChI=1S/C48H65NO5/c1-4-6-8-10-11-12-13-14-15-17-22-38-52-44-33-35-46(36-34-44)54-48(51)42-28-29-43(49-39-42)30-37-47(50)53-45-31-26-41(27-32-45)25-21-18-20-24-40(3)23-19-16-9-7-5-2/h20,24,26-29,31-36,39-40H,4-19,21-23,25,38H2,1-3H3/b24-20+. The number of hydrogen-bond donors (Lipinski definition) is 0. The third kappa shape index (κ3) is 20.2.